The monoisotopic (exact) mass is 291 g/mol. The number of carbonyl (C=O) groups is 1. The van der Waals surface area contributed by atoms with E-state index in [-0.39, 0.29) is 18.7 Å². The summed E-state index contributed by atoms with van der Waals surface area (Å²) >= 11 is 0. The zero-order chi connectivity index (χ0) is 14.7. The molecule has 0 aromatic heterocycles. The summed E-state index contributed by atoms with van der Waals surface area (Å²) in [5, 5.41) is 5.17. The van der Waals surface area contributed by atoms with Crippen LogP contribution in [-0.4, -0.2) is 24.8 Å². The third kappa shape index (κ3) is 3.47. The molecule has 0 radical (unpaired) electrons. The van der Waals surface area contributed by atoms with Crippen LogP contribution in [0.3, 0.4) is 0 Å². The van der Waals surface area contributed by atoms with Gasteiger partial charge in [-0.3, -0.25) is 4.79 Å². The van der Waals surface area contributed by atoms with Crippen molar-refractivity contribution in [3.05, 3.63) is 18.2 Å². The van der Waals surface area contributed by atoms with E-state index in [2.05, 4.69) is 10.6 Å². The summed E-state index contributed by atoms with van der Waals surface area (Å²) in [5.41, 5.74) is 0.758. The van der Waals surface area contributed by atoms with E-state index in [1.165, 1.54) is 32.1 Å². The maximum absolute atomic E-state index is 12.3. The van der Waals surface area contributed by atoms with Gasteiger partial charge < -0.3 is 20.1 Å². The van der Waals surface area contributed by atoms with Crippen LogP contribution in [0, 0.1) is 0 Å². The van der Waals surface area contributed by atoms with Crippen molar-refractivity contribution in [2.24, 2.45) is 0 Å². The number of quaternary nitrogens is 1. The number of hydrogen-bond donors (Lipinski definition) is 2. The third-order valence-electron chi connectivity index (χ3n) is 4.26. The molecule has 1 aromatic rings. The lowest BCUT2D eigenvalue weighted by Gasteiger charge is -2.23. The molecule has 5 nitrogen and oxygen atoms in total. The van der Waals surface area contributed by atoms with Crippen LogP contribution in [0.15, 0.2) is 18.2 Å². The van der Waals surface area contributed by atoms with Gasteiger partial charge in [-0.1, -0.05) is 6.42 Å². The number of ether oxygens (including phenoxy) is 2. The second-order valence-corrected chi connectivity index (χ2v) is 5.94. The number of benzene rings is 1. The molecule has 3 N–H and O–H groups in total. The van der Waals surface area contributed by atoms with Crippen LogP contribution in [0.4, 0.5) is 5.69 Å². The molecule has 21 heavy (non-hydrogen) atoms. The van der Waals surface area contributed by atoms with Crippen LogP contribution in [-0.2, 0) is 4.79 Å². The van der Waals surface area contributed by atoms with Gasteiger partial charge in [0.1, 0.15) is 0 Å². The molecule has 1 saturated carbocycles. The Balaban J connectivity index is 1.55. The summed E-state index contributed by atoms with van der Waals surface area (Å²) < 4.78 is 10.6. The molecule has 0 spiro atoms. The molecule has 0 bridgehead atoms. The van der Waals surface area contributed by atoms with Gasteiger partial charge in [0.15, 0.2) is 17.5 Å². The molecule has 1 atom stereocenters. The molecule has 1 aliphatic carbocycles. The SMILES string of the molecule is C[C@@H]([NH2+]C1CCCCC1)C(=O)Nc1ccc2c(c1)OCO2. The highest BCUT2D eigenvalue weighted by Crippen LogP contribution is 2.34. The number of nitrogens with two attached hydrogens (primary N) is 1. The van der Waals surface area contributed by atoms with E-state index in [0.29, 0.717) is 11.8 Å². The Morgan fingerprint density at radius 1 is 1.24 bits per heavy atom. The van der Waals surface area contributed by atoms with Crippen molar-refractivity contribution in [1.29, 1.82) is 0 Å². The Morgan fingerprint density at radius 2 is 2.00 bits per heavy atom. The first-order valence-corrected chi connectivity index (χ1v) is 7.78. The molecular formula is C16H23N2O3+. The Morgan fingerprint density at radius 3 is 2.81 bits per heavy atom. The van der Waals surface area contributed by atoms with Gasteiger partial charge in [-0.15, -0.1) is 0 Å². The number of hydrogen-bond acceptors (Lipinski definition) is 3. The molecule has 3 rings (SSSR count). The van der Waals surface area contributed by atoms with Crippen molar-refractivity contribution in [2.75, 3.05) is 12.1 Å². The Labute approximate surface area is 125 Å². The standard InChI is InChI=1S/C16H22N2O3/c1-11(17-12-5-3-2-4-6-12)16(19)18-13-7-8-14-15(9-13)21-10-20-14/h7-9,11-12,17H,2-6,10H2,1H3,(H,18,19)/p+1/t11-/m1/s1. The van der Waals surface area contributed by atoms with Gasteiger partial charge in [-0.25, -0.2) is 0 Å². The second kappa shape index (κ2) is 6.35. The molecule has 0 unspecified atom stereocenters. The molecule has 1 fully saturated rings. The van der Waals surface area contributed by atoms with Gasteiger partial charge >= 0.3 is 0 Å². The van der Waals surface area contributed by atoms with Crippen LogP contribution in [0.1, 0.15) is 39.0 Å². The smallest absolute Gasteiger partial charge is 0.282 e. The van der Waals surface area contributed by atoms with E-state index in [9.17, 15) is 4.79 Å². The lowest BCUT2D eigenvalue weighted by molar-refractivity contribution is -0.708. The van der Waals surface area contributed by atoms with E-state index < -0.39 is 0 Å². The third-order valence-corrected chi connectivity index (χ3v) is 4.26. The first-order chi connectivity index (χ1) is 10.2. The van der Waals surface area contributed by atoms with Crippen molar-refractivity contribution < 1.29 is 19.6 Å². The predicted molar refractivity (Wildman–Crippen MR) is 79.5 cm³/mol. The summed E-state index contributed by atoms with van der Waals surface area (Å²) in [6.07, 6.45) is 6.36. The number of anilines is 1. The van der Waals surface area contributed by atoms with Gasteiger partial charge in [-0.2, -0.15) is 0 Å². The number of carbonyl (C=O) groups excluding carboxylic acids is 1. The van der Waals surface area contributed by atoms with Crippen molar-refractivity contribution >= 4 is 11.6 Å². The molecule has 2 aliphatic rings. The molecule has 1 amide bonds. The molecule has 1 aromatic carbocycles. The van der Waals surface area contributed by atoms with Crippen LogP contribution >= 0.6 is 0 Å². The quantitative estimate of drug-likeness (QED) is 0.886. The molecule has 1 heterocycles. The minimum absolute atomic E-state index is 0.0411. The fourth-order valence-corrected chi connectivity index (χ4v) is 3.05. The van der Waals surface area contributed by atoms with E-state index >= 15 is 0 Å². The largest absolute Gasteiger partial charge is 0.454 e. The van der Waals surface area contributed by atoms with E-state index in [1.807, 2.05) is 25.1 Å². The van der Waals surface area contributed by atoms with Gasteiger partial charge in [0.2, 0.25) is 6.79 Å². The maximum Gasteiger partial charge on any atom is 0.282 e. The summed E-state index contributed by atoms with van der Waals surface area (Å²) in [7, 11) is 0. The molecule has 0 saturated heterocycles. The Bertz CT molecular complexity index is 512. The molecule has 114 valence electrons. The van der Waals surface area contributed by atoms with E-state index in [0.717, 1.165) is 11.4 Å². The summed E-state index contributed by atoms with van der Waals surface area (Å²) in [5.74, 6) is 1.46. The van der Waals surface area contributed by atoms with Gasteiger partial charge in [-0.05, 0) is 44.7 Å². The first kappa shape index (κ1) is 14.2. The highest BCUT2D eigenvalue weighted by atomic mass is 16.7. The van der Waals surface area contributed by atoms with Crippen LogP contribution < -0.4 is 20.1 Å². The highest BCUT2D eigenvalue weighted by Gasteiger charge is 2.24. The highest BCUT2D eigenvalue weighted by molar-refractivity contribution is 5.93. The topological polar surface area (TPSA) is 64.2 Å². The van der Waals surface area contributed by atoms with Crippen molar-refractivity contribution in [1.82, 2.24) is 0 Å². The normalized spacial score (nSPS) is 19.3. The second-order valence-electron chi connectivity index (χ2n) is 5.94. The van der Waals surface area contributed by atoms with E-state index in [1.54, 1.807) is 0 Å². The van der Waals surface area contributed by atoms with Gasteiger partial charge in [0.05, 0.1) is 6.04 Å². The molecular weight excluding hydrogens is 268 g/mol. The molecule has 5 heteroatoms. The average molecular weight is 291 g/mol. The first-order valence-electron chi connectivity index (χ1n) is 7.78. The minimum Gasteiger partial charge on any atom is -0.454 e. The predicted octanol–water partition coefficient (Wildman–Crippen LogP) is 1.64. The zero-order valence-corrected chi connectivity index (χ0v) is 12.4. The molecule has 1 aliphatic heterocycles. The van der Waals surface area contributed by atoms with Crippen molar-refractivity contribution in [3.8, 4) is 11.5 Å². The van der Waals surface area contributed by atoms with Gasteiger partial charge in [0.25, 0.3) is 5.91 Å². The number of amides is 1. The van der Waals surface area contributed by atoms with Crippen LogP contribution in [0.25, 0.3) is 0 Å². The fraction of sp³-hybridized carbons (Fsp3) is 0.562. The summed E-state index contributed by atoms with van der Waals surface area (Å²) in [6.45, 7) is 2.22. The van der Waals surface area contributed by atoms with Crippen LogP contribution in [0.2, 0.25) is 0 Å². The maximum atomic E-state index is 12.3. The van der Waals surface area contributed by atoms with Crippen molar-refractivity contribution in [3.63, 3.8) is 0 Å². The summed E-state index contributed by atoms with van der Waals surface area (Å²) in [6, 6.07) is 6.01. The minimum atomic E-state index is -0.0708. The van der Waals surface area contributed by atoms with Crippen molar-refractivity contribution in [2.45, 2.75) is 51.1 Å². The number of fused-ring (bicyclic) bond motifs is 1. The zero-order valence-electron chi connectivity index (χ0n) is 12.4. The Kier molecular flexibility index (Phi) is 4.29. The summed E-state index contributed by atoms with van der Waals surface area (Å²) in [4.78, 5) is 12.3. The average Bonchev–Trinajstić information content (AvgIpc) is 2.95. The number of rotatable bonds is 4. The Hall–Kier alpha value is -1.75. The number of nitrogens with one attached hydrogen (secondary N) is 1. The lowest BCUT2D eigenvalue weighted by atomic mass is 9.95. The fourth-order valence-electron chi connectivity index (χ4n) is 3.05. The lowest BCUT2D eigenvalue weighted by Crippen LogP contribution is -2.96. The van der Waals surface area contributed by atoms with Gasteiger partial charge in [0, 0.05) is 11.8 Å². The van der Waals surface area contributed by atoms with Crippen LogP contribution in [0.5, 0.6) is 11.5 Å². The van der Waals surface area contributed by atoms with E-state index in [4.69, 9.17) is 9.47 Å².